The summed E-state index contributed by atoms with van der Waals surface area (Å²) in [7, 11) is 0. The normalized spacial score (nSPS) is 22.4. The quantitative estimate of drug-likeness (QED) is 0.869. The summed E-state index contributed by atoms with van der Waals surface area (Å²) in [6.45, 7) is 6.81. The molecule has 1 aliphatic rings. The highest BCUT2D eigenvalue weighted by Gasteiger charge is 2.34. The fraction of sp³-hybridized carbons (Fsp3) is 0.533. The van der Waals surface area contributed by atoms with E-state index in [4.69, 9.17) is 4.74 Å². The molecule has 0 spiro atoms. The number of carbonyl (C=O) groups excluding carboxylic acids is 1. The van der Waals surface area contributed by atoms with Crippen LogP contribution in [0.3, 0.4) is 0 Å². The number of aliphatic hydroxyl groups is 1. The summed E-state index contributed by atoms with van der Waals surface area (Å²) in [5.74, 6) is -0.0362. The number of rotatable bonds is 3. The topological polar surface area (TPSA) is 49.8 Å². The van der Waals surface area contributed by atoms with Crippen LogP contribution in [0.25, 0.3) is 6.08 Å². The van der Waals surface area contributed by atoms with Crippen LogP contribution < -0.4 is 0 Å². The number of amides is 1. The molecule has 0 radical (unpaired) electrons. The summed E-state index contributed by atoms with van der Waals surface area (Å²) in [6, 6.07) is 4.04. The van der Waals surface area contributed by atoms with Gasteiger partial charge >= 0.3 is 0 Å². The van der Waals surface area contributed by atoms with Crippen LogP contribution >= 0.6 is 11.3 Å². The Bertz CT molecular complexity index is 507. The molecular formula is C15H21NO3S. The minimum absolute atomic E-state index is 0.0362. The second-order valence-corrected chi connectivity index (χ2v) is 7.00. The number of hydrogen-bond acceptors (Lipinski definition) is 4. The Labute approximate surface area is 123 Å². The minimum Gasteiger partial charge on any atom is -0.394 e. The third-order valence-corrected chi connectivity index (χ3v) is 4.11. The van der Waals surface area contributed by atoms with E-state index in [1.165, 1.54) is 4.88 Å². The van der Waals surface area contributed by atoms with E-state index in [9.17, 15) is 9.90 Å². The number of aryl methyl sites for hydroxylation is 1. The largest absolute Gasteiger partial charge is 0.394 e. The molecule has 0 bridgehead atoms. The molecule has 1 atom stereocenters. The van der Waals surface area contributed by atoms with Gasteiger partial charge in [0.05, 0.1) is 18.3 Å². The van der Waals surface area contributed by atoms with E-state index in [2.05, 4.69) is 0 Å². The maximum atomic E-state index is 12.2. The lowest BCUT2D eigenvalue weighted by Crippen LogP contribution is -2.55. The number of ether oxygens (including phenoxy) is 1. The van der Waals surface area contributed by atoms with Gasteiger partial charge in [0, 0.05) is 28.9 Å². The molecule has 20 heavy (non-hydrogen) atoms. The summed E-state index contributed by atoms with van der Waals surface area (Å²) in [4.78, 5) is 16.3. The first-order chi connectivity index (χ1) is 9.39. The molecule has 1 aromatic heterocycles. The number of thiophene rings is 1. The van der Waals surface area contributed by atoms with Crippen LogP contribution in [0, 0.1) is 6.92 Å². The van der Waals surface area contributed by atoms with Crippen molar-refractivity contribution in [3.8, 4) is 0 Å². The lowest BCUT2D eigenvalue weighted by Gasteiger charge is -2.41. The zero-order valence-corrected chi connectivity index (χ0v) is 12.9. The van der Waals surface area contributed by atoms with Gasteiger partial charge in [-0.3, -0.25) is 4.79 Å². The van der Waals surface area contributed by atoms with Gasteiger partial charge in [0.15, 0.2) is 0 Å². The van der Waals surface area contributed by atoms with Crippen molar-refractivity contribution in [3.63, 3.8) is 0 Å². The van der Waals surface area contributed by atoms with Gasteiger partial charge in [0.2, 0.25) is 5.91 Å². The fourth-order valence-electron chi connectivity index (χ4n) is 2.36. The second kappa shape index (κ2) is 6.08. The number of carbonyl (C=O) groups is 1. The molecule has 2 heterocycles. The van der Waals surface area contributed by atoms with E-state index in [0.29, 0.717) is 13.1 Å². The van der Waals surface area contributed by atoms with Crippen molar-refractivity contribution in [2.45, 2.75) is 32.5 Å². The highest BCUT2D eigenvalue weighted by Crippen LogP contribution is 2.22. The van der Waals surface area contributed by atoms with E-state index in [1.807, 2.05) is 39.0 Å². The van der Waals surface area contributed by atoms with Crippen molar-refractivity contribution in [3.05, 3.63) is 28.0 Å². The Balaban J connectivity index is 2.02. The SMILES string of the molecule is Cc1ccc(/C=C/C(=O)N2CC(CO)OC(C)(C)C2)s1. The fourth-order valence-corrected chi connectivity index (χ4v) is 3.14. The second-order valence-electron chi connectivity index (χ2n) is 5.68. The molecular weight excluding hydrogens is 274 g/mol. The maximum absolute atomic E-state index is 12.2. The summed E-state index contributed by atoms with van der Waals surface area (Å²) in [5, 5.41) is 9.25. The van der Waals surface area contributed by atoms with Gasteiger partial charge in [-0.25, -0.2) is 0 Å². The lowest BCUT2D eigenvalue weighted by molar-refractivity contribution is -0.163. The van der Waals surface area contributed by atoms with E-state index in [0.717, 1.165) is 4.88 Å². The van der Waals surface area contributed by atoms with Gasteiger partial charge in [-0.15, -0.1) is 11.3 Å². The van der Waals surface area contributed by atoms with Crippen LogP contribution in [0.2, 0.25) is 0 Å². The third kappa shape index (κ3) is 3.91. The van der Waals surface area contributed by atoms with E-state index < -0.39 is 5.60 Å². The number of morpholine rings is 1. The van der Waals surface area contributed by atoms with Gasteiger partial charge < -0.3 is 14.7 Å². The Hall–Kier alpha value is -1.17. The Morgan fingerprint density at radius 2 is 2.35 bits per heavy atom. The molecule has 110 valence electrons. The van der Waals surface area contributed by atoms with Crippen molar-refractivity contribution in [2.24, 2.45) is 0 Å². The summed E-state index contributed by atoms with van der Waals surface area (Å²) < 4.78 is 5.70. The van der Waals surface area contributed by atoms with Crippen molar-refractivity contribution >= 4 is 23.3 Å². The van der Waals surface area contributed by atoms with Crippen LogP contribution in [-0.2, 0) is 9.53 Å². The first-order valence-electron chi connectivity index (χ1n) is 6.72. The molecule has 2 rings (SSSR count). The number of aliphatic hydroxyl groups excluding tert-OH is 1. The molecule has 1 unspecified atom stereocenters. The predicted octanol–water partition coefficient (Wildman–Crippen LogP) is 2.07. The molecule has 1 saturated heterocycles. The van der Waals surface area contributed by atoms with E-state index in [1.54, 1.807) is 22.3 Å². The average molecular weight is 295 g/mol. The van der Waals surface area contributed by atoms with Gasteiger partial charge in [-0.1, -0.05) is 0 Å². The van der Waals surface area contributed by atoms with Crippen molar-refractivity contribution in [2.75, 3.05) is 19.7 Å². The first kappa shape index (κ1) is 15.2. The van der Waals surface area contributed by atoms with Crippen molar-refractivity contribution in [1.82, 2.24) is 4.90 Å². The predicted molar refractivity (Wildman–Crippen MR) is 80.7 cm³/mol. The Morgan fingerprint density at radius 3 is 2.95 bits per heavy atom. The molecule has 4 nitrogen and oxygen atoms in total. The molecule has 1 N–H and O–H groups in total. The summed E-state index contributed by atoms with van der Waals surface area (Å²) >= 11 is 1.66. The minimum atomic E-state index is -0.422. The Morgan fingerprint density at radius 1 is 1.60 bits per heavy atom. The van der Waals surface area contributed by atoms with E-state index >= 15 is 0 Å². The van der Waals surface area contributed by atoms with Crippen LogP contribution in [-0.4, -0.2) is 47.3 Å². The number of nitrogens with zero attached hydrogens (tertiary/aromatic N) is 1. The third-order valence-electron chi connectivity index (χ3n) is 3.15. The van der Waals surface area contributed by atoms with Crippen molar-refractivity contribution < 1.29 is 14.6 Å². The van der Waals surface area contributed by atoms with E-state index in [-0.39, 0.29) is 18.6 Å². The first-order valence-corrected chi connectivity index (χ1v) is 7.53. The highest BCUT2D eigenvalue weighted by atomic mass is 32.1. The molecule has 1 aliphatic heterocycles. The van der Waals surface area contributed by atoms with Crippen LogP contribution in [0.4, 0.5) is 0 Å². The van der Waals surface area contributed by atoms with Gasteiger partial charge in [-0.05, 0) is 39.0 Å². The summed E-state index contributed by atoms with van der Waals surface area (Å²) in [5.41, 5.74) is -0.422. The molecule has 1 amide bonds. The van der Waals surface area contributed by atoms with Crippen LogP contribution in [0.1, 0.15) is 23.6 Å². The monoisotopic (exact) mass is 295 g/mol. The standard InChI is InChI=1S/C15H21NO3S/c1-11-4-5-13(20-11)6-7-14(18)16-8-12(9-17)19-15(2,3)10-16/h4-7,12,17H,8-10H2,1-3H3/b7-6+. The molecule has 0 aliphatic carbocycles. The zero-order chi connectivity index (χ0) is 14.8. The average Bonchev–Trinajstić information content (AvgIpc) is 2.79. The summed E-state index contributed by atoms with van der Waals surface area (Å²) in [6.07, 6.45) is 3.14. The van der Waals surface area contributed by atoms with Gasteiger partial charge in [0.1, 0.15) is 0 Å². The Kier molecular flexibility index (Phi) is 4.62. The van der Waals surface area contributed by atoms with Crippen LogP contribution in [0.5, 0.6) is 0 Å². The molecule has 0 saturated carbocycles. The smallest absolute Gasteiger partial charge is 0.246 e. The molecule has 1 aromatic rings. The maximum Gasteiger partial charge on any atom is 0.246 e. The molecule has 0 aromatic carbocycles. The lowest BCUT2D eigenvalue weighted by atomic mass is 10.1. The zero-order valence-electron chi connectivity index (χ0n) is 12.1. The highest BCUT2D eigenvalue weighted by molar-refractivity contribution is 7.12. The molecule has 5 heteroatoms. The van der Waals surface area contributed by atoms with Gasteiger partial charge in [-0.2, -0.15) is 0 Å². The van der Waals surface area contributed by atoms with Crippen LogP contribution in [0.15, 0.2) is 18.2 Å². The number of hydrogen-bond donors (Lipinski definition) is 1. The van der Waals surface area contributed by atoms with Gasteiger partial charge in [0.25, 0.3) is 0 Å². The van der Waals surface area contributed by atoms with Crippen molar-refractivity contribution in [1.29, 1.82) is 0 Å². The molecule has 1 fully saturated rings.